The minimum Gasteiger partial charge on any atom is -0.440 e. The molecular weight excluding hydrogens is 413 g/mol. The highest BCUT2D eigenvalue weighted by Gasteiger charge is 2.56. The fourth-order valence-corrected chi connectivity index (χ4v) is 4.54. The summed E-state index contributed by atoms with van der Waals surface area (Å²) >= 11 is 0. The van der Waals surface area contributed by atoms with Crippen LogP contribution >= 0.6 is 0 Å². The van der Waals surface area contributed by atoms with Gasteiger partial charge in [-0.2, -0.15) is 0 Å². The summed E-state index contributed by atoms with van der Waals surface area (Å²) in [5, 5.41) is 0. The van der Waals surface area contributed by atoms with Crippen molar-refractivity contribution in [2.45, 2.75) is 30.9 Å². The number of benzene rings is 1. The largest absolute Gasteiger partial charge is 0.440 e. The molecule has 5 rings (SSSR count). The Hall–Kier alpha value is -3.51. The third-order valence-corrected chi connectivity index (χ3v) is 6.47. The Bertz CT molecular complexity index is 1160. The first-order valence-electron chi connectivity index (χ1n) is 10.5. The van der Waals surface area contributed by atoms with Crippen molar-refractivity contribution in [3.05, 3.63) is 59.3 Å². The molecule has 9 heteroatoms. The first-order valence-corrected chi connectivity index (χ1v) is 10.5. The van der Waals surface area contributed by atoms with Gasteiger partial charge in [0.2, 0.25) is 11.8 Å². The molecule has 1 saturated heterocycles. The number of ether oxygens (including phenoxy) is 2. The molecule has 3 atom stereocenters. The normalized spacial score (nSPS) is 27.3. The molecule has 1 aliphatic carbocycles. The van der Waals surface area contributed by atoms with Gasteiger partial charge in [-0.15, -0.1) is 0 Å². The summed E-state index contributed by atoms with van der Waals surface area (Å²) in [6.45, 7) is 7.20. The molecule has 2 aromatic rings. The van der Waals surface area contributed by atoms with Crippen LogP contribution in [0.25, 0.3) is 4.85 Å². The Labute approximate surface area is 184 Å². The molecule has 1 amide bonds. The van der Waals surface area contributed by atoms with Crippen LogP contribution in [0.3, 0.4) is 0 Å². The Morgan fingerprint density at radius 2 is 2.16 bits per heavy atom. The van der Waals surface area contributed by atoms with Crippen LogP contribution in [0.4, 0.5) is 10.1 Å². The van der Waals surface area contributed by atoms with Crippen molar-refractivity contribution in [3.63, 3.8) is 0 Å². The molecule has 0 bridgehead atoms. The van der Waals surface area contributed by atoms with Gasteiger partial charge in [0.15, 0.2) is 11.6 Å². The van der Waals surface area contributed by atoms with E-state index in [2.05, 4.69) is 14.8 Å². The Morgan fingerprint density at radius 3 is 2.91 bits per heavy atom. The number of halogens is 1. The van der Waals surface area contributed by atoms with Crippen LogP contribution in [0.2, 0.25) is 0 Å². The average molecular weight is 435 g/mol. The maximum atomic E-state index is 15.2. The number of nitrogens with two attached hydrogens (primary N) is 1. The number of carbonyl (C=O) groups is 1. The van der Waals surface area contributed by atoms with Crippen LogP contribution in [-0.4, -0.2) is 41.5 Å². The molecule has 1 aromatic heterocycles. The number of fused-ring (bicyclic) bond motifs is 1. The lowest BCUT2D eigenvalue weighted by molar-refractivity contribution is -0.146. The zero-order valence-corrected chi connectivity index (χ0v) is 17.5. The lowest BCUT2D eigenvalue weighted by Gasteiger charge is -2.47. The van der Waals surface area contributed by atoms with E-state index in [-0.39, 0.29) is 36.0 Å². The van der Waals surface area contributed by atoms with E-state index in [0.29, 0.717) is 23.8 Å². The second-order valence-electron chi connectivity index (χ2n) is 8.47. The minimum atomic E-state index is -1.27. The predicted molar refractivity (Wildman–Crippen MR) is 114 cm³/mol. The van der Waals surface area contributed by atoms with Gasteiger partial charge in [0.25, 0.3) is 0 Å². The number of aliphatic imine (C=N–C) groups is 1. The summed E-state index contributed by atoms with van der Waals surface area (Å²) in [7, 11) is 1.58. The third-order valence-electron chi connectivity index (χ3n) is 6.47. The molecule has 2 N–H and O–H groups in total. The number of rotatable bonds is 4. The minimum absolute atomic E-state index is 0.0249. The monoisotopic (exact) mass is 435 g/mol. The Kier molecular flexibility index (Phi) is 4.82. The summed E-state index contributed by atoms with van der Waals surface area (Å²) in [5.74, 6) is -0.315. The van der Waals surface area contributed by atoms with Crippen LogP contribution in [0.5, 0.6) is 11.6 Å². The number of aromatic nitrogens is 1. The van der Waals surface area contributed by atoms with Crippen molar-refractivity contribution >= 4 is 17.6 Å². The van der Waals surface area contributed by atoms with E-state index in [1.54, 1.807) is 13.1 Å². The summed E-state index contributed by atoms with van der Waals surface area (Å²) in [6, 6.07) is 7.33. The number of pyridine rings is 1. The van der Waals surface area contributed by atoms with Crippen LogP contribution < -0.4 is 10.5 Å². The van der Waals surface area contributed by atoms with Crippen LogP contribution in [0.15, 0.2) is 41.5 Å². The highest BCUT2D eigenvalue weighted by molar-refractivity contribution is 6.00. The smallest absolute Gasteiger partial charge is 0.235 e. The molecule has 1 aromatic carbocycles. The van der Waals surface area contributed by atoms with Crippen LogP contribution in [-0.2, 0) is 15.1 Å². The van der Waals surface area contributed by atoms with E-state index < -0.39 is 17.3 Å². The van der Waals surface area contributed by atoms with E-state index in [1.165, 1.54) is 35.4 Å². The molecule has 0 spiro atoms. The third kappa shape index (κ3) is 3.37. The highest BCUT2D eigenvalue weighted by atomic mass is 19.1. The van der Waals surface area contributed by atoms with Gasteiger partial charge in [-0.3, -0.25) is 9.69 Å². The lowest BCUT2D eigenvalue weighted by atomic mass is 9.72. The number of amides is 1. The van der Waals surface area contributed by atoms with Crippen LogP contribution in [0.1, 0.15) is 24.8 Å². The number of hydrogen-bond acceptors (Lipinski definition) is 6. The van der Waals surface area contributed by atoms with E-state index in [0.717, 1.165) is 12.8 Å². The van der Waals surface area contributed by atoms with Crippen molar-refractivity contribution < 1.29 is 18.7 Å². The van der Waals surface area contributed by atoms with Gasteiger partial charge in [-0.1, -0.05) is 0 Å². The molecule has 32 heavy (non-hydrogen) atoms. The molecule has 164 valence electrons. The topological polar surface area (TPSA) is 94.4 Å². The Morgan fingerprint density at radius 1 is 1.34 bits per heavy atom. The van der Waals surface area contributed by atoms with Gasteiger partial charge < -0.3 is 15.2 Å². The zero-order chi connectivity index (χ0) is 22.5. The van der Waals surface area contributed by atoms with Gasteiger partial charge >= 0.3 is 0 Å². The molecule has 1 saturated carbocycles. The maximum Gasteiger partial charge on any atom is 0.235 e. The van der Waals surface area contributed by atoms with E-state index in [1.807, 2.05) is 0 Å². The quantitative estimate of drug-likeness (QED) is 0.744. The summed E-state index contributed by atoms with van der Waals surface area (Å²) < 4.78 is 27.1. The molecule has 8 nitrogen and oxygen atoms in total. The van der Waals surface area contributed by atoms with Gasteiger partial charge in [0.05, 0.1) is 25.2 Å². The van der Waals surface area contributed by atoms with Gasteiger partial charge in [0.1, 0.15) is 17.1 Å². The molecule has 2 aliphatic heterocycles. The van der Waals surface area contributed by atoms with Gasteiger partial charge in [-0.05, 0) is 49.4 Å². The molecular formula is C23H22FN5O3. The fraction of sp³-hybridized carbons (Fsp3) is 0.391. The van der Waals surface area contributed by atoms with Crippen molar-refractivity contribution in [1.82, 2.24) is 9.88 Å². The van der Waals surface area contributed by atoms with E-state index >= 15 is 4.39 Å². The van der Waals surface area contributed by atoms with Crippen LogP contribution in [0, 0.1) is 24.2 Å². The van der Waals surface area contributed by atoms with E-state index in [4.69, 9.17) is 21.8 Å². The maximum absolute atomic E-state index is 15.2. The first kappa shape index (κ1) is 20.4. The molecule has 3 heterocycles. The van der Waals surface area contributed by atoms with Gasteiger partial charge in [0, 0.05) is 24.9 Å². The standard InChI is InChI=1S/C23H22FN5O3/c1-26-14-7-8-27-20(9-14)32-15-5-6-18(24)16(10-15)23-12-31-19(13-3-4-13)11-17(23)21(30)29(2)22(25)28-23/h5-10,13,17,19H,3-4,11-12H2,2H3,(H2,25,28)/t17-,19+,23+/m0/s1. The Balaban J connectivity index is 1.56. The SMILES string of the molecule is [C-]#[N+]c1ccnc(Oc2ccc(F)c([C@]34CO[C@@H](C5CC5)C[C@H]3C(=O)N(C)C(N)=N4)c2)c1. The summed E-state index contributed by atoms with van der Waals surface area (Å²) in [6.07, 6.45) is 4.05. The molecule has 2 fully saturated rings. The molecule has 0 unspecified atom stereocenters. The van der Waals surface area contributed by atoms with Gasteiger partial charge in [-0.25, -0.2) is 19.2 Å². The first-order chi connectivity index (χ1) is 15.4. The second-order valence-corrected chi connectivity index (χ2v) is 8.47. The molecule has 3 aliphatic rings. The zero-order valence-electron chi connectivity index (χ0n) is 17.5. The number of carbonyl (C=O) groups excluding carboxylic acids is 1. The van der Waals surface area contributed by atoms with Crippen molar-refractivity contribution in [1.29, 1.82) is 0 Å². The predicted octanol–water partition coefficient (Wildman–Crippen LogP) is 3.36. The molecule has 0 radical (unpaired) electrons. The van der Waals surface area contributed by atoms with Crippen molar-refractivity contribution in [2.75, 3.05) is 13.7 Å². The average Bonchev–Trinajstić information content (AvgIpc) is 3.64. The summed E-state index contributed by atoms with van der Waals surface area (Å²) in [5.41, 5.74) is 5.36. The number of nitrogens with zero attached hydrogens (tertiary/aromatic N) is 4. The van der Waals surface area contributed by atoms with Crippen molar-refractivity contribution in [3.8, 4) is 11.6 Å². The van der Waals surface area contributed by atoms with E-state index in [9.17, 15) is 4.79 Å². The number of hydrogen-bond donors (Lipinski definition) is 1. The highest BCUT2D eigenvalue weighted by Crippen LogP contribution is 2.50. The summed E-state index contributed by atoms with van der Waals surface area (Å²) in [4.78, 5) is 26.6. The van der Waals surface area contributed by atoms with Crippen molar-refractivity contribution in [2.24, 2.45) is 22.6 Å². The lowest BCUT2D eigenvalue weighted by Crippen LogP contribution is -2.60. The second kappa shape index (κ2) is 7.57. The fourth-order valence-electron chi connectivity index (χ4n) is 4.54. The number of guanidine groups is 1.